The van der Waals surface area contributed by atoms with Gasteiger partial charge in [0, 0.05) is 23.0 Å². The molecule has 1 saturated heterocycles. The highest BCUT2D eigenvalue weighted by Gasteiger charge is 2.31. The first kappa shape index (κ1) is 15.2. The van der Waals surface area contributed by atoms with Gasteiger partial charge in [-0.1, -0.05) is 48.0 Å². The fourth-order valence-electron chi connectivity index (χ4n) is 3.50. The Labute approximate surface area is 145 Å². The molecule has 122 valence electrons. The number of halogens is 1. The molecule has 1 amide bonds. The molecule has 1 fully saturated rings. The smallest absolute Gasteiger partial charge is 0.275 e. The predicted octanol–water partition coefficient (Wildman–Crippen LogP) is 4.06. The number of para-hydroxylation sites is 1. The quantitative estimate of drug-likeness (QED) is 0.782. The molecule has 1 unspecified atom stereocenters. The van der Waals surface area contributed by atoms with Gasteiger partial charge in [-0.05, 0) is 37.0 Å². The molecule has 5 heteroatoms. The number of fused-ring (bicyclic) bond motifs is 1. The van der Waals surface area contributed by atoms with Gasteiger partial charge in [0.1, 0.15) is 0 Å². The van der Waals surface area contributed by atoms with Crippen LogP contribution in [0.4, 0.5) is 0 Å². The number of benzene rings is 2. The number of nitrogens with one attached hydrogen (secondary N) is 1. The molecule has 0 bridgehead atoms. The Morgan fingerprint density at radius 2 is 2.00 bits per heavy atom. The average molecular weight is 340 g/mol. The third kappa shape index (κ3) is 2.67. The number of rotatable bonds is 3. The lowest BCUT2D eigenvalue weighted by molar-refractivity contribution is 0.0732. The van der Waals surface area contributed by atoms with Crippen molar-refractivity contribution in [3.05, 3.63) is 64.8 Å². The van der Waals surface area contributed by atoms with E-state index in [9.17, 15) is 4.79 Å². The fraction of sp³-hybridized carbons (Fsp3) is 0.263. The minimum absolute atomic E-state index is 0.00186. The fourth-order valence-corrected chi connectivity index (χ4v) is 3.71. The van der Waals surface area contributed by atoms with Crippen molar-refractivity contribution in [1.29, 1.82) is 0 Å². The average Bonchev–Trinajstić information content (AvgIpc) is 3.23. The van der Waals surface area contributed by atoms with Crippen LogP contribution in [0.3, 0.4) is 0 Å². The summed E-state index contributed by atoms with van der Waals surface area (Å²) in [6.07, 6.45) is 2.80. The lowest BCUT2D eigenvalue weighted by atomic mass is 10.0. The number of aromatic nitrogens is 2. The maximum Gasteiger partial charge on any atom is 0.275 e. The number of nitrogens with zero attached hydrogens (tertiary/aromatic N) is 2. The van der Waals surface area contributed by atoms with E-state index in [-0.39, 0.29) is 11.9 Å². The van der Waals surface area contributed by atoms with Crippen LogP contribution >= 0.6 is 11.6 Å². The summed E-state index contributed by atoms with van der Waals surface area (Å²) >= 11 is 6.29. The SMILES string of the molecule is O=C(c1n[nH]c2ccccc12)N1CCCC1Cc1ccccc1Cl. The summed E-state index contributed by atoms with van der Waals surface area (Å²) in [6.45, 7) is 0.773. The lowest BCUT2D eigenvalue weighted by Crippen LogP contribution is -2.37. The molecule has 0 aliphatic carbocycles. The Hall–Kier alpha value is -2.33. The summed E-state index contributed by atoms with van der Waals surface area (Å²) in [5, 5.41) is 8.85. The van der Waals surface area contributed by atoms with Crippen molar-refractivity contribution in [2.45, 2.75) is 25.3 Å². The number of carbonyl (C=O) groups is 1. The Morgan fingerprint density at radius 3 is 2.88 bits per heavy atom. The number of carbonyl (C=O) groups excluding carboxylic acids is 1. The van der Waals surface area contributed by atoms with Crippen molar-refractivity contribution in [1.82, 2.24) is 15.1 Å². The molecule has 2 heterocycles. The third-order valence-corrected chi connectivity index (χ3v) is 5.09. The van der Waals surface area contributed by atoms with Gasteiger partial charge in [0.2, 0.25) is 0 Å². The van der Waals surface area contributed by atoms with Gasteiger partial charge in [0.15, 0.2) is 5.69 Å². The predicted molar refractivity (Wildman–Crippen MR) is 95.3 cm³/mol. The number of aromatic amines is 1. The molecule has 3 aromatic rings. The van der Waals surface area contributed by atoms with Crippen LogP contribution in [0.5, 0.6) is 0 Å². The van der Waals surface area contributed by atoms with Gasteiger partial charge >= 0.3 is 0 Å². The Morgan fingerprint density at radius 1 is 1.21 bits per heavy atom. The Balaban J connectivity index is 1.60. The first-order valence-electron chi connectivity index (χ1n) is 8.21. The molecule has 0 saturated carbocycles. The van der Waals surface area contributed by atoms with E-state index in [1.54, 1.807) is 0 Å². The van der Waals surface area contributed by atoms with Crippen LogP contribution in [-0.4, -0.2) is 33.6 Å². The van der Waals surface area contributed by atoms with Crippen LogP contribution in [0.1, 0.15) is 28.9 Å². The van der Waals surface area contributed by atoms with Gasteiger partial charge in [0.05, 0.1) is 5.52 Å². The van der Waals surface area contributed by atoms with E-state index in [1.165, 1.54) is 0 Å². The molecule has 4 rings (SSSR count). The lowest BCUT2D eigenvalue weighted by Gasteiger charge is -2.24. The van der Waals surface area contributed by atoms with E-state index in [0.717, 1.165) is 47.3 Å². The monoisotopic (exact) mass is 339 g/mol. The van der Waals surface area contributed by atoms with Crippen molar-refractivity contribution in [2.75, 3.05) is 6.54 Å². The van der Waals surface area contributed by atoms with E-state index in [4.69, 9.17) is 11.6 Å². The third-order valence-electron chi connectivity index (χ3n) is 4.72. The van der Waals surface area contributed by atoms with E-state index in [2.05, 4.69) is 10.2 Å². The van der Waals surface area contributed by atoms with Crippen molar-refractivity contribution in [2.24, 2.45) is 0 Å². The maximum absolute atomic E-state index is 13.0. The minimum Gasteiger partial charge on any atom is -0.334 e. The number of amides is 1. The maximum atomic E-state index is 13.0. The van der Waals surface area contributed by atoms with Crippen molar-refractivity contribution >= 4 is 28.4 Å². The van der Waals surface area contributed by atoms with Crippen LogP contribution in [0.15, 0.2) is 48.5 Å². The molecule has 1 aliphatic heterocycles. The number of hydrogen-bond acceptors (Lipinski definition) is 2. The van der Waals surface area contributed by atoms with E-state index >= 15 is 0 Å². The van der Waals surface area contributed by atoms with Crippen LogP contribution < -0.4 is 0 Å². The molecule has 4 nitrogen and oxygen atoms in total. The summed E-state index contributed by atoms with van der Waals surface area (Å²) in [6, 6.07) is 15.8. The number of hydrogen-bond donors (Lipinski definition) is 1. The Kier molecular flexibility index (Phi) is 3.98. The largest absolute Gasteiger partial charge is 0.334 e. The van der Waals surface area contributed by atoms with Gasteiger partial charge in [-0.15, -0.1) is 0 Å². The second-order valence-electron chi connectivity index (χ2n) is 6.21. The second kappa shape index (κ2) is 6.29. The highest BCUT2D eigenvalue weighted by Crippen LogP contribution is 2.27. The van der Waals surface area contributed by atoms with Crippen LogP contribution in [0.2, 0.25) is 5.02 Å². The molecule has 0 spiro atoms. The summed E-state index contributed by atoms with van der Waals surface area (Å²) in [7, 11) is 0. The van der Waals surface area contributed by atoms with Crippen molar-refractivity contribution in [3.8, 4) is 0 Å². The molecule has 0 radical (unpaired) electrons. The highest BCUT2D eigenvalue weighted by molar-refractivity contribution is 6.31. The zero-order valence-corrected chi connectivity index (χ0v) is 14.0. The molecular formula is C19H18ClN3O. The molecular weight excluding hydrogens is 322 g/mol. The van der Waals surface area contributed by atoms with Gasteiger partial charge in [-0.2, -0.15) is 5.10 Å². The molecule has 1 N–H and O–H groups in total. The molecule has 2 aromatic carbocycles. The first-order valence-corrected chi connectivity index (χ1v) is 8.59. The van der Waals surface area contributed by atoms with Crippen molar-refractivity contribution < 1.29 is 4.79 Å². The van der Waals surface area contributed by atoms with Crippen LogP contribution in [-0.2, 0) is 6.42 Å². The van der Waals surface area contributed by atoms with Crippen LogP contribution in [0, 0.1) is 0 Å². The van der Waals surface area contributed by atoms with Gasteiger partial charge in [0.25, 0.3) is 5.91 Å². The minimum atomic E-state index is 0.00186. The standard InChI is InChI=1S/C19H18ClN3O/c20-16-9-3-1-6-13(16)12-14-7-5-11-23(14)19(24)18-15-8-2-4-10-17(15)21-22-18/h1-4,6,8-10,14H,5,7,11-12H2,(H,21,22). The topological polar surface area (TPSA) is 49.0 Å². The normalized spacial score (nSPS) is 17.5. The molecule has 24 heavy (non-hydrogen) atoms. The van der Waals surface area contributed by atoms with Gasteiger partial charge in [-0.25, -0.2) is 0 Å². The first-order chi connectivity index (χ1) is 11.7. The van der Waals surface area contributed by atoms with E-state index in [0.29, 0.717) is 5.69 Å². The van der Waals surface area contributed by atoms with Crippen LogP contribution in [0.25, 0.3) is 10.9 Å². The highest BCUT2D eigenvalue weighted by atomic mass is 35.5. The van der Waals surface area contributed by atoms with Gasteiger partial charge in [-0.3, -0.25) is 9.89 Å². The summed E-state index contributed by atoms with van der Waals surface area (Å²) < 4.78 is 0. The molecule has 1 atom stereocenters. The zero-order valence-electron chi connectivity index (χ0n) is 13.2. The van der Waals surface area contributed by atoms with Crippen molar-refractivity contribution in [3.63, 3.8) is 0 Å². The van der Waals surface area contributed by atoms with E-state index in [1.807, 2.05) is 53.4 Å². The van der Waals surface area contributed by atoms with E-state index < -0.39 is 0 Å². The molecule has 1 aliphatic rings. The molecule has 1 aromatic heterocycles. The summed E-state index contributed by atoms with van der Waals surface area (Å²) in [4.78, 5) is 15.0. The van der Waals surface area contributed by atoms with Gasteiger partial charge < -0.3 is 4.90 Å². The number of likely N-dealkylation sites (tertiary alicyclic amines) is 1. The Bertz CT molecular complexity index is 889. The second-order valence-corrected chi connectivity index (χ2v) is 6.62. The summed E-state index contributed by atoms with van der Waals surface area (Å²) in [5.41, 5.74) is 2.50. The zero-order chi connectivity index (χ0) is 16.5. The number of H-pyrrole nitrogens is 1. The summed E-state index contributed by atoms with van der Waals surface area (Å²) in [5.74, 6) is 0.00186.